The summed E-state index contributed by atoms with van der Waals surface area (Å²) in [5.41, 5.74) is 1.50. The Labute approximate surface area is 134 Å². The van der Waals surface area contributed by atoms with E-state index in [1.807, 2.05) is 11.3 Å². The van der Waals surface area contributed by atoms with Gasteiger partial charge in [0.15, 0.2) is 0 Å². The zero-order valence-corrected chi connectivity index (χ0v) is 15.2. The minimum absolute atomic E-state index is 0.329. The van der Waals surface area contributed by atoms with Crippen LogP contribution in [-0.4, -0.2) is 17.6 Å². The lowest BCUT2D eigenvalue weighted by Gasteiger charge is -2.44. The summed E-state index contributed by atoms with van der Waals surface area (Å²) < 4.78 is 0. The third-order valence-corrected chi connectivity index (χ3v) is 6.01. The number of nitrogens with one attached hydrogen (secondary N) is 1. The SMILES string of the molecule is CCCNC1CC(C)CCC1C(C)(C)Cc1nc(C)cs1. The van der Waals surface area contributed by atoms with E-state index < -0.39 is 0 Å². The lowest BCUT2D eigenvalue weighted by Crippen LogP contribution is -2.47. The molecule has 1 fully saturated rings. The number of aryl methyl sites for hydroxylation is 1. The van der Waals surface area contributed by atoms with Crippen molar-refractivity contribution >= 4 is 11.3 Å². The van der Waals surface area contributed by atoms with Crippen LogP contribution in [0.4, 0.5) is 0 Å². The van der Waals surface area contributed by atoms with Crippen molar-refractivity contribution < 1.29 is 0 Å². The van der Waals surface area contributed by atoms with Gasteiger partial charge in [0.05, 0.1) is 5.01 Å². The third-order valence-electron chi connectivity index (χ3n) is 5.05. The smallest absolute Gasteiger partial charge is 0.0933 e. The van der Waals surface area contributed by atoms with Crippen molar-refractivity contribution in [2.45, 2.75) is 72.8 Å². The zero-order valence-electron chi connectivity index (χ0n) is 14.4. The van der Waals surface area contributed by atoms with Crippen LogP contribution in [0.1, 0.15) is 64.1 Å². The first-order chi connectivity index (χ1) is 9.92. The van der Waals surface area contributed by atoms with E-state index >= 15 is 0 Å². The molecular formula is C18H32N2S. The van der Waals surface area contributed by atoms with Crippen molar-refractivity contribution in [2.24, 2.45) is 17.3 Å². The predicted octanol–water partition coefficient (Wildman–Crippen LogP) is 4.82. The molecule has 0 radical (unpaired) electrons. The van der Waals surface area contributed by atoms with Gasteiger partial charge in [0.2, 0.25) is 0 Å². The highest BCUT2D eigenvalue weighted by Crippen LogP contribution is 2.42. The van der Waals surface area contributed by atoms with Gasteiger partial charge in [-0.25, -0.2) is 4.98 Å². The maximum absolute atomic E-state index is 4.69. The van der Waals surface area contributed by atoms with Crippen molar-refractivity contribution in [1.82, 2.24) is 10.3 Å². The van der Waals surface area contributed by atoms with E-state index in [2.05, 4.69) is 45.3 Å². The number of thiazole rings is 1. The maximum atomic E-state index is 4.69. The molecule has 1 N–H and O–H groups in total. The van der Waals surface area contributed by atoms with Crippen LogP contribution in [-0.2, 0) is 6.42 Å². The van der Waals surface area contributed by atoms with Crippen molar-refractivity contribution in [1.29, 1.82) is 0 Å². The van der Waals surface area contributed by atoms with Gasteiger partial charge in [-0.2, -0.15) is 0 Å². The van der Waals surface area contributed by atoms with E-state index in [1.165, 1.54) is 36.4 Å². The van der Waals surface area contributed by atoms with E-state index in [4.69, 9.17) is 4.98 Å². The predicted molar refractivity (Wildman–Crippen MR) is 92.9 cm³/mol. The Morgan fingerprint density at radius 3 is 2.76 bits per heavy atom. The summed E-state index contributed by atoms with van der Waals surface area (Å²) in [4.78, 5) is 4.69. The molecule has 2 rings (SSSR count). The van der Waals surface area contributed by atoms with Gasteiger partial charge in [0.1, 0.15) is 0 Å². The Hall–Kier alpha value is -0.410. The van der Waals surface area contributed by atoms with Crippen LogP contribution < -0.4 is 5.32 Å². The summed E-state index contributed by atoms with van der Waals surface area (Å²) in [5.74, 6) is 1.64. The second-order valence-electron chi connectivity index (χ2n) is 7.63. The molecule has 0 amide bonds. The average molecular weight is 309 g/mol. The van der Waals surface area contributed by atoms with E-state index in [0.717, 1.165) is 24.8 Å². The molecular weight excluding hydrogens is 276 g/mol. The maximum Gasteiger partial charge on any atom is 0.0933 e. The second-order valence-corrected chi connectivity index (χ2v) is 8.58. The molecule has 0 aromatic carbocycles. The summed E-state index contributed by atoms with van der Waals surface area (Å²) in [6.45, 7) is 12.8. The van der Waals surface area contributed by atoms with Crippen LogP contribution >= 0.6 is 11.3 Å². The number of nitrogens with zero attached hydrogens (tertiary/aromatic N) is 1. The van der Waals surface area contributed by atoms with E-state index in [9.17, 15) is 0 Å². The van der Waals surface area contributed by atoms with Crippen molar-refractivity contribution in [2.75, 3.05) is 6.54 Å². The molecule has 0 saturated heterocycles. The van der Waals surface area contributed by atoms with Gasteiger partial charge in [-0.15, -0.1) is 11.3 Å². The highest BCUT2D eigenvalue weighted by Gasteiger charge is 2.39. The van der Waals surface area contributed by atoms with Crippen molar-refractivity contribution in [3.05, 3.63) is 16.1 Å². The Morgan fingerprint density at radius 2 is 2.14 bits per heavy atom. The monoisotopic (exact) mass is 308 g/mol. The molecule has 1 saturated carbocycles. The van der Waals surface area contributed by atoms with Crippen LogP contribution in [0.2, 0.25) is 0 Å². The van der Waals surface area contributed by atoms with Crippen LogP contribution in [0, 0.1) is 24.2 Å². The fourth-order valence-electron chi connectivity index (χ4n) is 3.88. The van der Waals surface area contributed by atoms with Crippen molar-refractivity contribution in [3.8, 4) is 0 Å². The highest BCUT2D eigenvalue weighted by atomic mass is 32.1. The van der Waals surface area contributed by atoms with Gasteiger partial charge in [-0.3, -0.25) is 0 Å². The second kappa shape index (κ2) is 7.23. The molecule has 3 atom stereocenters. The lowest BCUT2D eigenvalue weighted by molar-refractivity contribution is 0.0940. The molecule has 0 spiro atoms. The van der Waals surface area contributed by atoms with Crippen LogP contribution in [0.3, 0.4) is 0 Å². The van der Waals surface area contributed by atoms with Gasteiger partial charge in [-0.05, 0) is 50.0 Å². The van der Waals surface area contributed by atoms with E-state index in [1.54, 1.807) is 0 Å². The largest absolute Gasteiger partial charge is 0.314 e. The van der Waals surface area contributed by atoms with Crippen LogP contribution in [0.25, 0.3) is 0 Å². The molecule has 3 heteroatoms. The molecule has 1 aliphatic carbocycles. The van der Waals surface area contributed by atoms with Crippen LogP contribution in [0.15, 0.2) is 5.38 Å². The third kappa shape index (κ3) is 4.53. The number of hydrogen-bond donors (Lipinski definition) is 1. The summed E-state index contributed by atoms with van der Waals surface area (Å²) >= 11 is 1.83. The first-order valence-electron chi connectivity index (χ1n) is 8.56. The molecule has 1 aliphatic rings. The quantitative estimate of drug-likeness (QED) is 0.814. The summed E-state index contributed by atoms with van der Waals surface area (Å²) in [5, 5.41) is 7.32. The zero-order chi connectivity index (χ0) is 15.5. The molecule has 3 unspecified atom stereocenters. The normalized spacial score (nSPS) is 27.0. The summed E-state index contributed by atoms with van der Waals surface area (Å²) in [6.07, 6.45) is 6.43. The number of aromatic nitrogens is 1. The Morgan fingerprint density at radius 1 is 1.38 bits per heavy atom. The van der Waals surface area contributed by atoms with Gasteiger partial charge in [-0.1, -0.05) is 34.1 Å². The fraction of sp³-hybridized carbons (Fsp3) is 0.833. The molecule has 2 nitrogen and oxygen atoms in total. The molecule has 120 valence electrons. The highest BCUT2D eigenvalue weighted by molar-refractivity contribution is 7.09. The van der Waals surface area contributed by atoms with Crippen molar-refractivity contribution in [3.63, 3.8) is 0 Å². The number of hydrogen-bond acceptors (Lipinski definition) is 3. The number of rotatable bonds is 6. The first kappa shape index (κ1) is 17.0. The molecule has 1 aromatic heterocycles. The van der Waals surface area contributed by atoms with E-state index in [0.29, 0.717) is 11.5 Å². The first-order valence-corrected chi connectivity index (χ1v) is 9.44. The van der Waals surface area contributed by atoms with E-state index in [-0.39, 0.29) is 0 Å². The Kier molecular flexibility index (Phi) is 5.84. The molecule has 1 aromatic rings. The fourth-order valence-corrected chi connectivity index (χ4v) is 4.89. The minimum Gasteiger partial charge on any atom is -0.314 e. The standard InChI is InChI=1S/C18H32N2S/c1-6-9-19-16-10-13(2)7-8-15(16)18(4,5)11-17-20-14(3)12-21-17/h12-13,15-16,19H,6-11H2,1-5H3. The van der Waals surface area contributed by atoms with Gasteiger partial charge in [0.25, 0.3) is 0 Å². The summed E-state index contributed by atoms with van der Waals surface area (Å²) in [6, 6.07) is 0.685. The van der Waals surface area contributed by atoms with Gasteiger partial charge < -0.3 is 5.32 Å². The average Bonchev–Trinajstić information content (AvgIpc) is 2.80. The molecule has 0 aliphatic heterocycles. The van der Waals surface area contributed by atoms with Gasteiger partial charge >= 0.3 is 0 Å². The Bertz CT molecular complexity index is 438. The summed E-state index contributed by atoms with van der Waals surface area (Å²) in [7, 11) is 0. The topological polar surface area (TPSA) is 24.9 Å². The lowest BCUT2D eigenvalue weighted by atomic mass is 9.65. The van der Waals surface area contributed by atoms with Crippen LogP contribution in [0.5, 0.6) is 0 Å². The minimum atomic E-state index is 0.329. The molecule has 1 heterocycles. The van der Waals surface area contributed by atoms with Gasteiger partial charge in [0, 0.05) is 23.5 Å². The Balaban J connectivity index is 2.07. The molecule has 21 heavy (non-hydrogen) atoms. The molecule has 0 bridgehead atoms.